The first-order chi connectivity index (χ1) is 9.40. The Bertz CT molecular complexity index is 385. The fraction of sp³-hybridized carbons (Fsp3) is 0.867. The summed E-state index contributed by atoms with van der Waals surface area (Å²) >= 11 is 0. The van der Waals surface area contributed by atoms with E-state index >= 15 is 0 Å². The predicted molar refractivity (Wildman–Crippen MR) is 76.5 cm³/mol. The molecule has 0 aromatic rings. The number of piperidine rings is 1. The summed E-state index contributed by atoms with van der Waals surface area (Å²) in [5.41, 5.74) is -0.794. The summed E-state index contributed by atoms with van der Waals surface area (Å²) in [6.07, 6.45) is 5.03. The average Bonchev–Trinajstić information content (AvgIpc) is 2.81. The van der Waals surface area contributed by atoms with Crippen molar-refractivity contribution in [3.63, 3.8) is 0 Å². The van der Waals surface area contributed by atoms with Crippen LogP contribution in [0, 0.1) is 17.3 Å². The third kappa shape index (κ3) is 3.44. The van der Waals surface area contributed by atoms with Gasteiger partial charge in [0, 0.05) is 19.6 Å². The fourth-order valence-corrected chi connectivity index (χ4v) is 3.44. The van der Waals surface area contributed by atoms with Gasteiger partial charge in [0.15, 0.2) is 0 Å². The van der Waals surface area contributed by atoms with Crippen LogP contribution in [0.3, 0.4) is 0 Å². The molecule has 3 atom stereocenters. The van der Waals surface area contributed by atoms with E-state index in [4.69, 9.17) is 0 Å². The SMILES string of the molecule is CC1CCC(CNC(=O)N2CCCC(C)(C(=O)O)C2)C1. The largest absolute Gasteiger partial charge is 0.481 e. The van der Waals surface area contributed by atoms with Crippen LogP contribution < -0.4 is 5.32 Å². The molecule has 0 radical (unpaired) electrons. The van der Waals surface area contributed by atoms with E-state index in [2.05, 4.69) is 12.2 Å². The van der Waals surface area contributed by atoms with E-state index in [1.807, 2.05) is 0 Å². The van der Waals surface area contributed by atoms with Gasteiger partial charge in [-0.05, 0) is 44.4 Å². The molecule has 1 saturated heterocycles. The Balaban J connectivity index is 1.81. The average molecular weight is 282 g/mol. The number of amides is 2. The van der Waals surface area contributed by atoms with E-state index < -0.39 is 11.4 Å². The first-order valence-corrected chi connectivity index (χ1v) is 7.67. The normalized spacial score (nSPS) is 34.0. The number of rotatable bonds is 3. The van der Waals surface area contributed by atoms with Crippen LogP contribution >= 0.6 is 0 Å². The number of carboxylic acid groups (broad SMARTS) is 1. The molecule has 2 N–H and O–H groups in total. The molecule has 2 amide bonds. The number of carbonyl (C=O) groups excluding carboxylic acids is 1. The zero-order valence-electron chi connectivity index (χ0n) is 12.5. The molecule has 0 aromatic heterocycles. The minimum Gasteiger partial charge on any atom is -0.481 e. The van der Waals surface area contributed by atoms with Gasteiger partial charge in [-0.25, -0.2) is 4.79 Å². The number of hydrogen-bond acceptors (Lipinski definition) is 2. The van der Waals surface area contributed by atoms with E-state index in [0.717, 1.165) is 18.9 Å². The highest BCUT2D eigenvalue weighted by molar-refractivity contribution is 5.78. The number of urea groups is 1. The molecule has 0 spiro atoms. The molecule has 0 bridgehead atoms. The van der Waals surface area contributed by atoms with Crippen molar-refractivity contribution in [3.05, 3.63) is 0 Å². The lowest BCUT2D eigenvalue weighted by Crippen LogP contribution is -2.52. The molecule has 0 aromatic carbocycles. The first kappa shape index (κ1) is 15.1. The monoisotopic (exact) mass is 282 g/mol. The summed E-state index contributed by atoms with van der Waals surface area (Å²) in [6, 6.07) is -0.100. The molecule has 2 rings (SSSR count). The summed E-state index contributed by atoms with van der Waals surface area (Å²) in [7, 11) is 0. The van der Waals surface area contributed by atoms with Gasteiger partial charge in [-0.2, -0.15) is 0 Å². The van der Waals surface area contributed by atoms with E-state index in [0.29, 0.717) is 25.4 Å². The lowest BCUT2D eigenvalue weighted by molar-refractivity contribution is -0.150. The van der Waals surface area contributed by atoms with Crippen LogP contribution in [0.4, 0.5) is 4.79 Å². The van der Waals surface area contributed by atoms with Crippen LogP contribution in [0.2, 0.25) is 0 Å². The zero-order chi connectivity index (χ0) is 14.8. The van der Waals surface area contributed by atoms with E-state index in [-0.39, 0.29) is 6.03 Å². The molecule has 2 aliphatic rings. The third-order valence-electron chi connectivity index (χ3n) is 4.85. The number of carbonyl (C=O) groups is 2. The Morgan fingerprint density at radius 3 is 2.75 bits per heavy atom. The maximum Gasteiger partial charge on any atom is 0.317 e. The minimum absolute atomic E-state index is 0.100. The molecule has 2 fully saturated rings. The molecule has 3 unspecified atom stereocenters. The molecule has 5 nitrogen and oxygen atoms in total. The molecule has 20 heavy (non-hydrogen) atoms. The van der Waals surface area contributed by atoms with Crippen LogP contribution in [0.1, 0.15) is 46.0 Å². The number of likely N-dealkylation sites (tertiary alicyclic amines) is 1. The highest BCUT2D eigenvalue weighted by Gasteiger charge is 2.39. The lowest BCUT2D eigenvalue weighted by Gasteiger charge is -2.37. The second-order valence-corrected chi connectivity index (χ2v) is 6.86. The van der Waals surface area contributed by atoms with Crippen molar-refractivity contribution in [1.29, 1.82) is 0 Å². The molecule has 5 heteroatoms. The highest BCUT2D eigenvalue weighted by atomic mass is 16.4. The number of carboxylic acids is 1. The van der Waals surface area contributed by atoms with Crippen molar-refractivity contribution in [2.75, 3.05) is 19.6 Å². The van der Waals surface area contributed by atoms with Crippen molar-refractivity contribution in [3.8, 4) is 0 Å². The van der Waals surface area contributed by atoms with Gasteiger partial charge in [-0.15, -0.1) is 0 Å². The van der Waals surface area contributed by atoms with E-state index in [9.17, 15) is 14.7 Å². The van der Waals surface area contributed by atoms with Crippen LogP contribution in [-0.4, -0.2) is 41.6 Å². The van der Waals surface area contributed by atoms with E-state index in [1.54, 1.807) is 11.8 Å². The quantitative estimate of drug-likeness (QED) is 0.834. The second kappa shape index (κ2) is 6.02. The van der Waals surface area contributed by atoms with Crippen LogP contribution in [-0.2, 0) is 4.79 Å². The van der Waals surface area contributed by atoms with Gasteiger partial charge in [-0.3, -0.25) is 4.79 Å². The van der Waals surface area contributed by atoms with Gasteiger partial charge < -0.3 is 15.3 Å². The smallest absolute Gasteiger partial charge is 0.317 e. The van der Waals surface area contributed by atoms with Crippen molar-refractivity contribution < 1.29 is 14.7 Å². The summed E-state index contributed by atoms with van der Waals surface area (Å²) < 4.78 is 0. The summed E-state index contributed by atoms with van der Waals surface area (Å²) in [5, 5.41) is 12.3. The molecular weight excluding hydrogens is 256 g/mol. The summed E-state index contributed by atoms with van der Waals surface area (Å²) in [4.78, 5) is 25.1. The van der Waals surface area contributed by atoms with Crippen molar-refractivity contribution in [1.82, 2.24) is 10.2 Å². The number of nitrogens with zero attached hydrogens (tertiary/aromatic N) is 1. The van der Waals surface area contributed by atoms with Gasteiger partial charge in [-0.1, -0.05) is 13.3 Å². The predicted octanol–water partition coefficient (Wildman–Crippen LogP) is 2.32. The Morgan fingerprint density at radius 2 is 2.15 bits per heavy atom. The van der Waals surface area contributed by atoms with Gasteiger partial charge in [0.05, 0.1) is 5.41 Å². The Morgan fingerprint density at radius 1 is 1.40 bits per heavy atom. The standard InChI is InChI=1S/C15H26N2O3/c1-11-4-5-12(8-11)9-16-14(20)17-7-3-6-15(2,10-17)13(18)19/h11-12H,3-10H2,1-2H3,(H,16,20)(H,18,19). The Hall–Kier alpha value is -1.26. The van der Waals surface area contributed by atoms with Crippen LogP contribution in [0.15, 0.2) is 0 Å². The van der Waals surface area contributed by atoms with Gasteiger partial charge in [0.2, 0.25) is 0 Å². The molecular formula is C15H26N2O3. The highest BCUT2D eigenvalue weighted by Crippen LogP contribution is 2.31. The van der Waals surface area contributed by atoms with Crippen LogP contribution in [0.25, 0.3) is 0 Å². The lowest BCUT2D eigenvalue weighted by atomic mass is 9.82. The molecule has 114 valence electrons. The topological polar surface area (TPSA) is 69.6 Å². The number of hydrogen-bond donors (Lipinski definition) is 2. The number of nitrogens with one attached hydrogen (secondary N) is 1. The van der Waals surface area contributed by atoms with Gasteiger partial charge >= 0.3 is 12.0 Å². The zero-order valence-corrected chi connectivity index (χ0v) is 12.5. The third-order valence-corrected chi connectivity index (χ3v) is 4.85. The van der Waals surface area contributed by atoms with Crippen molar-refractivity contribution in [2.24, 2.45) is 17.3 Å². The summed E-state index contributed by atoms with van der Waals surface area (Å²) in [6.45, 7) is 5.69. The summed E-state index contributed by atoms with van der Waals surface area (Å²) in [5.74, 6) is 0.548. The van der Waals surface area contributed by atoms with Crippen LogP contribution in [0.5, 0.6) is 0 Å². The molecule has 1 saturated carbocycles. The van der Waals surface area contributed by atoms with Crippen molar-refractivity contribution in [2.45, 2.75) is 46.0 Å². The molecule has 1 aliphatic carbocycles. The minimum atomic E-state index is -0.806. The Kier molecular flexibility index (Phi) is 4.55. The fourth-order valence-electron chi connectivity index (χ4n) is 3.44. The number of aliphatic carboxylic acids is 1. The van der Waals surface area contributed by atoms with Crippen molar-refractivity contribution >= 4 is 12.0 Å². The van der Waals surface area contributed by atoms with Gasteiger partial charge in [0.25, 0.3) is 0 Å². The maximum absolute atomic E-state index is 12.2. The van der Waals surface area contributed by atoms with E-state index in [1.165, 1.54) is 19.3 Å². The molecule has 1 aliphatic heterocycles. The first-order valence-electron chi connectivity index (χ1n) is 7.67. The van der Waals surface area contributed by atoms with Gasteiger partial charge in [0.1, 0.15) is 0 Å². The molecule has 1 heterocycles. The second-order valence-electron chi connectivity index (χ2n) is 6.86. The Labute approximate surface area is 120 Å². The maximum atomic E-state index is 12.2.